The van der Waals surface area contributed by atoms with E-state index in [1.165, 1.54) is 24.3 Å². The molecule has 17 heteroatoms. The van der Waals surface area contributed by atoms with Gasteiger partial charge in [-0.1, -0.05) is 36.4 Å². The fourth-order valence-electron chi connectivity index (χ4n) is 1.22. The van der Waals surface area contributed by atoms with Crippen molar-refractivity contribution in [1.82, 2.24) is 0 Å². The number of para-hydroxylation sites is 2. The minimum atomic E-state index is -4.89. The van der Waals surface area contributed by atoms with Gasteiger partial charge in [0, 0.05) is 0 Å². The average molecular weight is 555 g/mol. The molecule has 11 nitrogen and oxygen atoms in total. The fourth-order valence-corrected chi connectivity index (χ4v) is 1.98. The minimum Gasteiger partial charge on any atom is -0.780 e. The molecule has 0 aliphatic carbocycles. The van der Waals surface area contributed by atoms with E-state index in [1.54, 1.807) is 36.4 Å². The van der Waals surface area contributed by atoms with E-state index in [-0.39, 0.29) is 233 Å². The smallest absolute Gasteiger partial charge is 0.780 e. The average Bonchev–Trinajstić information content (AvgIpc) is 2.38. The summed E-state index contributed by atoms with van der Waals surface area (Å²) in [6, 6.07) is 15.2. The molecular formula is C12H16K4O11P2. The van der Waals surface area contributed by atoms with Gasteiger partial charge in [-0.05, 0) is 24.3 Å². The number of phosphoric acid groups is 2. The second-order valence-corrected chi connectivity index (χ2v) is 5.86. The van der Waals surface area contributed by atoms with E-state index in [4.69, 9.17) is 0 Å². The van der Waals surface area contributed by atoms with Crippen LogP contribution in [0.2, 0.25) is 0 Å². The Labute approximate surface area is 338 Å². The zero-order valence-electron chi connectivity index (χ0n) is 16.4. The Morgan fingerprint density at radius 2 is 0.724 bits per heavy atom. The van der Waals surface area contributed by atoms with Crippen LogP contribution in [0.4, 0.5) is 0 Å². The number of rotatable bonds is 4. The summed E-state index contributed by atoms with van der Waals surface area (Å²) in [5.74, 6) is 0.0849. The van der Waals surface area contributed by atoms with Gasteiger partial charge >= 0.3 is 206 Å². The molecule has 0 amide bonds. The van der Waals surface area contributed by atoms with E-state index in [0.29, 0.717) is 0 Å². The number of hydrogen-bond donors (Lipinski definition) is 0. The van der Waals surface area contributed by atoms with Gasteiger partial charge in [0.25, 0.3) is 0 Å². The Morgan fingerprint density at radius 3 is 0.897 bits per heavy atom. The Morgan fingerprint density at radius 1 is 0.517 bits per heavy atom. The molecule has 0 saturated carbocycles. The first-order chi connectivity index (χ1) is 10.2. The van der Waals surface area contributed by atoms with Crippen LogP contribution in [0, 0.1) is 0 Å². The first-order valence-electron chi connectivity index (χ1n) is 5.69. The zero-order valence-corrected chi connectivity index (χ0v) is 30.7. The molecule has 0 fully saturated rings. The Kier molecular flexibility index (Phi) is 47.7. The normalized spacial score (nSPS) is 8.41. The van der Waals surface area contributed by atoms with Crippen LogP contribution in [0.15, 0.2) is 60.7 Å². The number of benzene rings is 2. The minimum absolute atomic E-state index is 0. The maximum atomic E-state index is 10.1. The van der Waals surface area contributed by atoms with Crippen LogP contribution in [0.5, 0.6) is 11.5 Å². The molecule has 2 rings (SSSR count). The first kappa shape index (κ1) is 50.6. The fraction of sp³-hybridized carbons (Fsp3) is 0. The third-order valence-electron chi connectivity index (χ3n) is 1.92. The molecule has 2 aromatic carbocycles. The van der Waals surface area contributed by atoms with Crippen LogP contribution < -0.4 is 234 Å². The molecule has 2 aromatic rings. The van der Waals surface area contributed by atoms with Crippen LogP contribution in [-0.2, 0) is 9.13 Å². The monoisotopic (exact) mass is 554 g/mol. The molecule has 0 radical (unpaired) electrons. The van der Waals surface area contributed by atoms with Gasteiger partial charge < -0.3 is 54.2 Å². The van der Waals surface area contributed by atoms with E-state index in [0.717, 1.165) is 0 Å². The van der Waals surface area contributed by atoms with Crippen molar-refractivity contribution < 1.29 is 260 Å². The molecular weight excluding hydrogens is 538 g/mol. The second-order valence-electron chi connectivity index (χ2n) is 3.70. The van der Waals surface area contributed by atoms with E-state index < -0.39 is 15.6 Å². The van der Waals surface area contributed by atoms with Crippen molar-refractivity contribution >= 4 is 15.6 Å². The third kappa shape index (κ3) is 32.8. The number of phosphoric ester groups is 2. The maximum Gasteiger partial charge on any atom is 1.00 e. The molecule has 29 heavy (non-hydrogen) atoms. The maximum absolute atomic E-state index is 10.1. The topological polar surface area (TPSA) is 239 Å². The van der Waals surface area contributed by atoms with E-state index in [1.807, 2.05) is 0 Å². The van der Waals surface area contributed by atoms with Crippen molar-refractivity contribution in [2.75, 3.05) is 0 Å². The van der Waals surface area contributed by atoms with E-state index >= 15 is 0 Å². The molecule has 0 unspecified atom stereocenters. The molecule has 6 N–H and O–H groups in total. The summed E-state index contributed by atoms with van der Waals surface area (Å²) in [4.78, 5) is 40.2. The van der Waals surface area contributed by atoms with Gasteiger partial charge in [0.1, 0.15) is 27.1 Å². The predicted molar refractivity (Wildman–Crippen MR) is 80.2 cm³/mol. The summed E-state index contributed by atoms with van der Waals surface area (Å²) in [6.45, 7) is 0. The number of hydrogen-bond acceptors (Lipinski definition) is 8. The van der Waals surface area contributed by atoms with Crippen LogP contribution >= 0.6 is 15.6 Å². The standard InChI is InChI=1S/2C6H7O4P.4K.3H2O/c2*7-11(8,9)10-6-4-2-1-3-5-6;;;;;;;/h2*1-5H,(H2,7,8,9);;;;;3*1H2/q;;4*+1;;;/p-4. The van der Waals surface area contributed by atoms with Crippen molar-refractivity contribution in [3.8, 4) is 11.5 Å². The third-order valence-corrected chi connectivity index (χ3v) is 2.79. The Hall–Kier alpha value is 4.77. The quantitative estimate of drug-likeness (QED) is 0.259. The molecule has 0 aromatic heterocycles. The molecule has 0 aliphatic rings. The van der Waals surface area contributed by atoms with Gasteiger partial charge in [0.15, 0.2) is 0 Å². The molecule has 0 aliphatic heterocycles. The Balaban J connectivity index is -0.0000000538. The molecule has 0 atom stereocenters. The summed E-state index contributed by atoms with van der Waals surface area (Å²) >= 11 is 0. The summed E-state index contributed by atoms with van der Waals surface area (Å²) in [5.41, 5.74) is 0. The summed E-state index contributed by atoms with van der Waals surface area (Å²) < 4.78 is 28.2. The molecule has 0 saturated heterocycles. The summed E-state index contributed by atoms with van der Waals surface area (Å²) in [7, 11) is -9.78. The largest absolute Gasteiger partial charge is 1.00 e. The Bertz CT molecular complexity index is 611. The van der Waals surface area contributed by atoms with Crippen LogP contribution in [0.1, 0.15) is 0 Å². The van der Waals surface area contributed by atoms with Gasteiger partial charge in [0.2, 0.25) is 0 Å². The van der Waals surface area contributed by atoms with E-state index in [2.05, 4.69) is 9.05 Å². The molecule has 0 bridgehead atoms. The summed E-state index contributed by atoms with van der Waals surface area (Å²) in [6.07, 6.45) is 0. The van der Waals surface area contributed by atoms with Gasteiger partial charge in [0.05, 0.1) is 0 Å². The van der Waals surface area contributed by atoms with E-state index in [9.17, 15) is 28.7 Å². The van der Waals surface area contributed by atoms with Crippen LogP contribution in [0.3, 0.4) is 0 Å². The van der Waals surface area contributed by atoms with Crippen LogP contribution in [0.25, 0.3) is 0 Å². The van der Waals surface area contributed by atoms with Gasteiger partial charge in [-0.15, -0.1) is 0 Å². The van der Waals surface area contributed by atoms with Gasteiger partial charge in [-0.25, -0.2) is 0 Å². The zero-order chi connectivity index (χ0) is 16.6. The van der Waals surface area contributed by atoms with Crippen molar-refractivity contribution in [2.24, 2.45) is 0 Å². The van der Waals surface area contributed by atoms with Gasteiger partial charge in [-0.3, -0.25) is 0 Å². The molecule has 144 valence electrons. The molecule has 0 heterocycles. The predicted octanol–water partition coefficient (Wildman–Crippen LogP) is -14.7. The second kappa shape index (κ2) is 27.4. The summed E-state index contributed by atoms with van der Waals surface area (Å²) in [5, 5.41) is 0. The first-order valence-corrected chi connectivity index (χ1v) is 8.61. The van der Waals surface area contributed by atoms with Crippen molar-refractivity contribution in [2.45, 2.75) is 0 Å². The van der Waals surface area contributed by atoms with Gasteiger partial charge in [-0.2, -0.15) is 0 Å². The SMILES string of the molecule is O.O.O.O=P([O-])([O-])Oc1ccccc1.O=P([O-])([O-])Oc1ccccc1.[K+].[K+].[K+].[K+]. The van der Waals surface area contributed by atoms with Crippen molar-refractivity contribution in [1.29, 1.82) is 0 Å². The molecule has 0 spiro atoms. The van der Waals surface area contributed by atoms with Crippen molar-refractivity contribution in [3.05, 3.63) is 60.7 Å². The van der Waals surface area contributed by atoms with Crippen molar-refractivity contribution in [3.63, 3.8) is 0 Å². The van der Waals surface area contributed by atoms with Crippen LogP contribution in [-0.4, -0.2) is 16.4 Å².